The number of amidine groups is 1. The van der Waals surface area contributed by atoms with E-state index in [4.69, 9.17) is 15.2 Å². The van der Waals surface area contributed by atoms with Crippen LogP contribution >= 0.6 is 0 Å². The van der Waals surface area contributed by atoms with Crippen LogP contribution in [0.1, 0.15) is 11.1 Å². The molecule has 0 unspecified atom stereocenters. The third-order valence-electron chi connectivity index (χ3n) is 5.10. The van der Waals surface area contributed by atoms with Crippen LogP contribution in [0.15, 0.2) is 83.7 Å². The molecule has 3 rings (SSSR count). The van der Waals surface area contributed by atoms with Gasteiger partial charge < -0.3 is 25.8 Å². The molecule has 0 heterocycles. The fourth-order valence-corrected chi connectivity index (χ4v) is 3.20. The molecule has 198 valence electrons. The van der Waals surface area contributed by atoms with Gasteiger partial charge in [-0.25, -0.2) is 13.6 Å². The third-order valence-corrected chi connectivity index (χ3v) is 5.10. The lowest BCUT2D eigenvalue weighted by molar-refractivity contribution is -0.119. The van der Waals surface area contributed by atoms with E-state index in [1.807, 2.05) is 24.3 Å². The minimum Gasteiger partial charge on any atom is -0.497 e. The largest absolute Gasteiger partial charge is 0.497 e. The number of carbonyl (C=O) groups is 2. The smallest absolute Gasteiger partial charge is 0.325 e. The van der Waals surface area contributed by atoms with Crippen molar-refractivity contribution >= 4 is 23.5 Å². The first kappa shape index (κ1) is 27.7. The average Bonchev–Trinajstić information content (AvgIpc) is 2.89. The second kappa shape index (κ2) is 13.4. The zero-order chi connectivity index (χ0) is 27.5. The van der Waals surface area contributed by atoms with E-state index < -0.39 is 23.6 Å². The molecule has 5 N–H and O–H groups in total. The van der Waals surface area contributed by atoms with E-state index in [2.05, 4.69) is 20.9 Å². The van der Waals surface area contributed by atoms with Gasteiger partial charge in [-0.15, -0.1) is 0 Å². The van der Waals surface area contributed by atoms with Gasteiger partial charge in [0, 0.05) is 31.4 Å². The lowest BCUT2D eigenvalue weighted by Crippen LogP contribution is -2.35. The van der Waals surface area contributed by atoms with Crippen LogP contribution in [-0.4, -0.2) is 31.9 Å². The molecule has 0 aliphatic rings. The van der Waals surface area contributed by atoms with Crippen LogP contribution in [0.5, 0.6) is 11.5 Å². The van der Waals surface area contributed by atoms with Gasteiger partial charge in [0.2, 0.25) is 5.91 Å². The molecule has 0 aliphatic carbocycles. The summed E-state index contributed by atoms with van der Waals surface area (Å²) in [6.45, 7) is 0.462. The molecule has 11 heteroatoms. The maximum absolute atomic E-state index is 14.6. The molecular weight excluding hydrogens is 496 g/mol. The Kier molecular flexibility index (Phi) is 9.75. The fraction of sp³-hybridized carbons (Fsp3) is 0.148. The van der Waals surface area contributed by atoms with E-state index in [0.717, 1.165) is 17.4 Å². The number of rotatable bonds is 9. The minimum atomic E-state index is -0.851. The summed E-state index contributed by atoms with van der Waals surface area (Å²) in [5, 5.41) is 7.58. The number of aliphatic imine (C=N–C) groups is 1. The molecule has 0 bridgehead atoms. The number of halogens is 2. The Labute approximate surface area is 218 Å². The van der Waals surface area contributed by atoms with Crippen LogP contribution in [0.2, 0.25) is 0 Å². The molecule has 3 aromatic rings. The number of amides is 3. The van der Waals surface area contributed by atoms with Gasteiger partial charge >= 0.3 is 6.03 Å². The zero-order valence-corrected chi connectivity index (χ0v) is 20.8. The van der Waals surface area contributed by atoms with Gasteiger partial charge in [-0.3, -0.25) is 15.1 Å². The van der Waals surface area contributed by atoms with Gasteiger partial charge in [0.25, 0.3) is 0 Å². The van der Waals surface area contributed by atoms with Crippen molar-refractivity contribution in [2.45, 2.75) is 13.0 Å². The molecule has 38 heavy (non-hydrogen) atoms. The first-order valence-corrected chi connectivity index (χ1v) is 11.4. The number of hydrogen-bond acceptors (Lipinski definition) is 6. The summed E-state index contributed by atoms with van der Waals surface area (Å²) in [4.78, 5) is 28.2. The summed E-state index contributed by atoms with van der Waals surface area (Å²) in [5.41, 5.74) is 7.50. The number of imide groups is 1. The van der Waals surface area contributed by atoms with Crippen molar-refractivity contribution in [2.75, 3.05) is 19.5 Å². The van der Waals surface area contributed by atoms with Crippen LogP contribution in [-0.2, 0) is 17.8 Å². The van der Waals surface area contributed by atoms with E-state index in [0.29, 0.717) is 17.9 Å². The van der Waals surface area contributed by atoms with Crippen LogP contribution < -0.4 is 31.2 Å². The summed E-state index contributed by atoms with van der Waals surface area (Å²) in [6.07, 6.45) is 1.29. The minimum absolute atomic E-state index is 0.0847. The number of nitrogens with zero attached hydrogens (tertiary/aromatic N) is 1. The average molecular weight is 524 g/mol. The predicted molar refractivity (Wildman–Crippen MR) is 140 cm³/mol. The molecule has 9 nitrogen and oxygen atoms in total. The number of carbonyl (C=O) groups excluding carboxylic acids is 2. The van der Waals surface area contributed by atoms with Crippen LogP contribution in [0.25, 0.3) is 0 Å². The second-order valence-corrected chi connectivity index (χ2v) is 7.91. The van der Waals surface area contributed by atoms with Crippen molar-refractivity contribution in [3.8, 4) is 11.5 Å². The number of ether oxygens (including phenoxy) is 2. The molecular formula is C27H27F2N5O4. The van der Waals surface area contributed by atoms with Crippen LogP contribution in [0.3, 0.4) is 0 Å². The van der Waals surface area contributed by atoms with E-state index in [1.165, 1.54) is 42.5 Å². The lowest BCUT2D eigenvalue weighted by atomic mass is 10.1. The Morgan fingerprint density at radius 2 is 1.68 bits per heavy atom. The Morgan fingerprint density at radius 3 is 2.32 bits per heavy atom. The number of urea groups is 1. The van der Waals surface area contributed by atoms with Gasteiger partial charge in [0.15, 0.2) is 17.4 Å². The highest BCUT2D eigenvalue weighted by atomic mass is 19.1. The first-order valence-electron chi connectivity index (χ1n) is 11.4. The Bertz CT molecular complexity index is 1330. The van der Waals surface area contributed by atoms with Crippen LogP contribution in [0, 0.1) is 11.6 Å². The summed E-state index contributed by atoms with van der Waals surface area (Å²) in [7, 11) is 3.16. The second-order valence-electron chi connectivity index (χ2n) is 7.91. The molecule has 0 spiro atoms. The predicted octanol–water partition coefficient (Wildman–Crippen LogP) is 3.86. The number of benzene rings is 3. The van der Waals surface area contributed by atoms with Crippen molar-refractivity contribution in [2.24, 2.45) is 10.7 Å². The number of hydrogen-bond donors (Lipinski definition) is 4. The highest BCUT2D eigenvalue weighted by Crippen LogP contribution is 2.22. The Hall–Kier alpha value is -4.93. The number of anilines is 1. The topological polar surface area (TPSA) is 127 Å². The molecule has 0 fully saturated rings. The molecule has 0 atom stereocenters. The van der Waals surface area contributed by atoms with Gasteiger partial charge in [0.05, 0.1) is 13.5 Å². The molecule has 0 saturated carbocycles. The molecule has 0 aromatic heterocycles. The Morgan fingerprint density at radius 1 is 1.00 bits per heavy atom. The molecule has 3 amide bonds. The zero-order valence-electron chi connectivity index (χ0n) is 20.8. The Balaban J connectivity index is 1.52. The van der Waals surface area contributed by atoms with E-state index in [-0.39, 0.29) is 23.7 Å². The summed E-state index contributed by atoms with van der Waals surface area (Å²) < 4.78 is 38.0. The van der Waals surface area contributed by atoms with E-state index in [9.17, 15) is 18.4 Å². The van der Waals surface area contributed by atoms with Crippen molar-refractivity contribution in [1.82, 2.24) is 10.6 Å². The summed E-state index contributed by atoms with van der Waals surface area (Å²) >= 11 is 0. The van der Waals surface area contributed by atoms with Crippen molar-refractivity contribution < 1.29 is 27.8 Å². The first-order chi connectivity index (χ1) is 18.2. The number of nitrogens with two attached hydrogens (primary N) is 1. The van der Waals surface area contributed by atoms with Gasteiger partial charge in [0.1, 0.15) is 17.4 Å². The van der Waals surface area contributed by atoms with Gasteiger partial charge in [-0.2, -0.15) is 0 Å². The normalized spacial score (nSPS) is 11.5. The maximum atomic E-state index is 14.6. The standard InChI is InChI=1S/C27H27F2N5O4/c1-31-25(32-16-18-5-10-21(37-2)11-6-18)15-24(30)38-23-12-9-20(14-22(23)29)33-27(36)34-26(35)13-17-3-7-19(28)8-4-17/h3-12,14-15H,13,16,30H2,1-2H3,(H,31,32)(H2,33,34,35,36). The molecule has 0 saturated heterocycles. The molecule has 0 aliphatic heterocycles. The van der Waals surface area contributed by atoms with Crippen molar-refractivity contribution in [1.29, 1.82) is 0 Å². The maximum Gasteiger partial charge on any atom is 0.325 e. The quantitative estimate of drug-likeness (QED) is 0.192. The van der Waals surface area contributed by atoms with E-state index in [1.54, 1.807) is 14.2 Å². The van der Waals surface area contributed by atoms with Crippen LogP contribution in [0.4, 0.5) is 19.3 Å². The van der Waals surface area contributed by atoms with E-state index >= 15 is 0 Å². The van der Waals surface area contributed by atoms with Crippen molar-refractivity contribution in [3.05, 3.63) is 101 Å². The SMILES string of the molecule is CN=C(C=C(N)Oc1ccc(NC(=O)NC(=O)Cc2ccc(F)cc2)cc1F)NCc1ccc(OC)cc1. The molecule has 3 aromatic carbocycles. The summed E-state index contributed by atoms with van der Waals surface area (Å²) in [6, 6.07) is 15.6. The molecule has 0 radical (unpaired) electrons. The number of nitrogens with one attached hydrogen (secondary N) is 3. The summed E-state index contributed by atoms with van der Waals surface area (Å²) in [5.74, 6) is -0.966. The highest BCUT2D eigenvalue weighted by Gasteiger charge is 2.12. The fourth-order valence-electron chi connectivity index (χ4n) is 3.20. The monoisotopic (exact) mass is 523 g/mol. The highest BCUT2D eigenvalue weighted by molar-refractivity contribution is 6.01. The van der Waals surface area contributed by atoms with Gasteiger partial charge in [-0.05, 0) is 47.5 Å². The van der Waals surface area contributed by atoms with Gasteiger partial charge in [-0.1, -0.05) is 24.3 Å². The third kappa shape index (κ3) is 8.63. The lowest BCUT2D eigenvalue weighted by Gasteiger charge is -2.11. The number of methoxy groups -OCH3 is 1. The van der Waals surface area contributed by atoms with Crippen molar-refractivity contribution in [3.63, 3.8) is 0 Å².